The van der Waals surface area contributed by atoms with E-state index in [2.05, 4.69) is 50.9 Å². The summed E-state index contributed by atoms with van der Waals surface area (Å²) >= 11 is 6.50. The van der Waals surface area contributed by atoms with Crippen LogP contribution in [0.1, 0.15) is 41.8 Å². The zero-order valence-corrected chi connectivity index (χ0v) is 12.2. The Morgan fingerprint density at radius 3 is 2.59 bits per heavy atom. The maximum atomic E-state index is 6.50. The molecule has 0 saturated heterocycles. The summed E-state index contributed by atoms with van der Waals surface area (Å²) in [7, 11) is 2.15. The largest absolute Gasteiger partial charge is 0.305 e. The van der Waals surface area contributed by atoms with Crippen LogP contribution in [0.3, 0.4) is 0 Å². The van der Waals surface area contributed by atoms with Crippen molar-refractivity contribution in [2.45, 2.75) is 39.0 Å². The van der Waals surface area contributed by atoms with E-state index in [1.165, 1.54) is 29.5 Å². The lowest BCUT2D eigenvalue weighted by atomic mass is 10.0. The van der Waals surface area contributed by atoms with E-state index < -0.39 is 0 Å². The Kier molecular flexibility index (Phi) is 6.01. The summed E-state index contributed by atoms with van der Waals surface area (Å²) in [4.78, 5) is 2.32. The van der Waals surface area contributed by atoms with Gasteiger partial charge in [-0.05, 0) is 45.0 Å². The maximum Gasteiger partial charge on any atom is 0.0714 e. The summed E-state index contributed by atoms with van der Waals surface area (Å²) in [5.74, 6) is 0. The van der Waals surface area contributed by atoms with E-state index in [9.17, 15) is 0 Å². The van der Waals surface area contributed by atoms with E-state index in [1.807, 2.05) is 0 Å². The van der Waals surface area contributed by atoms with Crippen LogP contribution in [0.2, 0.25) is 0 Å². The third kappa shape index (κ3) is 4.69. The van der Waals surface area contributed by atoms with Crippen LogP contribution >= 0.6 is 11.6 Å². The van der Waals surface area contributed by atoms with Gasteiger partial charge in [0, 0.05) is 6.54 Å². The van der Waals surface area contributed by atoms with Gasteiger partial charge in [-0.1, -0.05) is 37.1 Å². The molecule has 0 bridgehead atoms. The molecule has 0 heterocycles. The van der Waals surface area contributed by atoms with Crippen LogP contribution in [-0.2, 0) is 0 Å². The zero-order valence-electron chi connectivity index (χ0n) is 11.5. The van der Waals surface area contributed by atoms with Crippen LogP contribution in [0.5, 0.6) is 0 Å². The highest BCUT2D eigenvalue weighted by Gasteiger charge is 2.12. The fourth-order valence-electron chi connectivity index (χ4n) is 2.07. The van der Waals surface area contributed by atoms with E-state index in [1.54, 1.807) is 0 Å². The first-order valence-corrected chi connectivity index (χ1v) is 6.88. The molecule has 0 spiro atoms. The van der Waals surface area contributed by atoms with Gasteiger partial charge in [0.2, 0.25) is 0 Å². The number of hydrogen-bond donors (Lipinski definition) is 0. The smallest absolute Gasteiger partial charge is 0.0714 e. The first-order valence-electron chi connectivity index (χ1n) is 6.44. The van der Waals surface area contributed by atoms with Gasteiger partial charge >= 0.3 is 0 Å². The van der Waals surface area contributed by atoms with Crippen molar-refractivity contribution in [2.75, 3.05) is 20.1 Å². The Morgan fingerprint density at radius 2 is 2.00 bits per heavy atom. The molecule has 96 valence electrons. The molecule has 1 rings (SSSR count). The van der Waals surface area contributed by atoms with Crippen molar-refractivity contribution in [3.8, 4) is 0 Å². The van der Waals surface area contributed by atoms with Gasteiger partial charge in [0.25, 0.3) is 0 Å². The second kappa shape index (κ2) is 7.03. The van der Waals surface area contributed by atoms with Crippen molar-refractivity contribution in [3.63, 3.8) is 0 Å². The molecule has 1 aromatic carbocycles. The Morgan fingerprint density at radius 1 is 1.29 bits per heavy atom. The molecule has 17 heavy (non-hydrogen) atoms. The Bertz CT molecular complexity index is 349. The molecule has 0 N–H and O–H groups in total. The van der Waals surface area contributed by atoms with E-state index in [0.29, 0.717) is 0 Å². The molecule has 0 aromatic heterocycles. The number of aryl methyl sites for hydroxylation is 2. The highest BCUT2D eigenvalue weighted by molar-refractivity contribution is 6.21. The number of nitrogens with zero attached hydrogens (tertiary/aromatic N) is 1. The molecule has 0 saturated carbocycles. The van der Waals surface area contributed by atoms with Gasteiger partial charge in [0.1, 0.15) is 0 Å². The van der Waals surface area contributed by atoms with Crippen LogP contribution in [0.15, 0.2) is 18.2 Å². The van der Waals surface area contributed by atoms with Gasteiger partial charge < -0.3 is 4.90 Å². The number of hydrogen-bond acceptors (Lipinski definition) is 1. The monoisotopic (exact) mass is 253 g/mol. The third-order valence-electron chi connectivity index (χ3n) is 3.13. The van der Waals surface area contributed by atoms with Gasteiger partial charge in [-0.2, -0.15) is 0 Å². The Balaban J connectivity index is 2.60. The predicted octanol–water partition coefficient (Wildman–Crippen LogP) is 4.32. The average molecular weight is 254 g/mol. The van der Waals surface area contributed by atoms with Crippen molar-refractivity contribution in [1.82, 2.24) is 4.90 Å². The minimum absolute atomic E-state index is 0.0949. The normalized spacial score (nSPS) is 13.1. The lowest BCUT2D eigenvalue weighted by Gasteiger charge is -2.21. The number of likely N-dealkylation sites (N-methyl/N-ethyl adjacent to an activating group) is 1. The van der Waals surface area contributed by atoms with E-state index in [0.717, 1.165) is 13.1 Å². The highest BCUT2D eigenvalue weighted by atomic mass is 35.5. The van der Waals surface area contributed by atoms with Crippen molar-refractivity contribution in [3.05, 3.63) is 34.9 Å². The summed E-state index contributed by atoms with van der Waals surface area (Å²) in [6.07, 6.45) is 2.48. The van der Waals surface area contributed by atoms with Crippen LogP contribution in [0.25, 0.3) is 0 Å². The lowest BCUT2D eigenvalue weighted by molar-refractivity contribution is 0.328. The van der Waals surface area contributed by atoms with Gasteiger partial charge in [0.05, 0.1) is 5.38 Å². The summed E-state index contributed by atoms with van der Waals surface area (Å²) in [6.45, 7) is 8.53. The number of alkyl halides is 1. The first-order chi connectivity index (χ1) is 8.04. The fourth-order valence-corrected chi connectivity index (χ4v) is 2.55. The summed E-state index contributed by atoms with van der Waals surface area (Å²) in [5.41, 5.74) is 3.86. The molecular weight excluding hydrogens is 230 g/mol. The molecule has 2 heteroatoms. The zero-order chi connectivity index (χ0) is 12.8. The molecule has 0 aliphatic carbocycles. The molecule has 0 aliphatic rings. The molecule has 1 nitrogen and oxygen atoms in total. The standard InChI is InChI=1S/C15H24ClN/c1-5-6-9-17(4)11-15(16)14-8-7-12(2)10-13(14)3/h7-8,10,15H,5-6,9,11H2,1-4H3. The fraction of sp³-hybridized carbons (Fsp3) is 0.600. The SMILES string of the molecule is CCCCN(C)CC(Cl)c1ccc(C)cc1C. The summed E-state index contributed by atoms with van der Waals surface area (Å²) < 4.78 is 0. The minimum Gasteiger partial charge on any atom is -0.305 e. The highest BCUT2D eigenvalue weighted by Crippen LogP contribution is 2.25. The number of rotatable bonds is 6. The summed E-state index contributed by atoms with van der Waals surface area (Å²) in [5, 5.41) is 0.0949. The minimum atomic E-state index is 0.0949. The van der Waals surface area contributed by atoms with E-state index in [4.69, 9.17) is 11.6 Å². The predicted molar refractivity (Wildman–Crippen MR) is 76.9 cm³/mol. The molecular formula is C15H24ClN. The van der Waals surface area contributed by atoms with Crippen LogP contribution < -0.4 is 0 Å². The van der Waals surface area contributed by atoms with Crippen molar-refractivity contribution in [1.29, 1.82) is 0 Å². The number of benzene rings is 1. The van der Waals surface area contributed by atoms with E-state index >= 15 is 0 Å². The lowest BCUT2D eigenvalue weighted by Crippen LogP contribution is -2.24. The molecule has 1 aromatic rings. The topological polar surface area (TPSA) is 3.24 Å². The molecule has 0 aliphatic heterocycles. The third-order valence-corrected chi connectivity index (χ3v) is 3.50. The average Bonchev–Trinajstić information content (AvgIpc) is 2.26. The van der Waals surface area contributed by atoms with Gasteiger partial charge in [-0.3, -0.25) is 0 Å². The molecule has 0 radical (unpaired) electrons. The maximum absolute atomic E-state index is 6.50. The Labute approximate surface area is 111 Å². The molecule has 1 unspecified atom stereocenters. The van der Waals surface area contributed by atoms with Gasteiger partial charge in [0.15, 0.2) is 0 Å². The Hall–Kier alpha value is -0.530. The molecule has 0 fully saturated rings. The van der Waals surface area contributed by atoms with Gasteiger partial charge in [-0.15, -0.1) is 11.6 Å². The summed E-state index contributed by atoms with van der Waals surface area (Å²) in [6, 6.07) is 6.51. The molecule has 1 atom stereocenters. The van der Waals surface area contributed by atoms with Crippen molar-refractivity contribution < 1.29 is 0 Å². The molecule has 0 amide bonds. The van der Waals surface area contributed by atoms with Crippen LogP contribution in [0, 0.1) is 13.8 Å². The number of halogens is 1. The van der Waals surface area contributed by atoms with Crippen LogP contribution in [-0.4, -0.2) is 25.0 Å². The second-order valence-electron chi connectivity index (χ2n) is 4.94. The van der Waals surface area contributed by atoms with E-state index in [-0.39, 0.29) is 5.38 Å². The number of unbranched alkanes of at least 4 members (excludes halogenated alkanes) is 1. The van der Waals surface area contributed by atoms with Crippen LogP contribution in [0.4, 0.5) is 0 Å². The first kappa shape index (κ1) is 14.5. The van der Waals surface area contributed by atoms with Crippen molar-refractivity contribution >= 4 is 11.6 Å². The quantitative estimate of drug-likeness (QED) is 0.683. The van der Waals surface area contributed by atoms with Gasteiger partial charge in [-0.25, -0.2) is 0 Å². The van der Waals surface area contributed by atoms with Crippen molar-refractivity contribution in [2.24, 2.45) is 0 Å². The second-order valence-corrected chi connectivity index (χ2v) is 5.47.